The van der Waals surface area contributed by atoms with Crippen LogP contribution in [-0.2, 0) is 14.3 Å². The smallest absolute Gasteiger partial charge is 0.328 e. The van der Waals surface area contributed by atoms with Crippen LogP contribution in [0.4, 0.5) is 0 Å². The van der Waals surface area contributed by atoms with Gasteiger partial charge in [-0.25, -0.2) is 4.79 Å². The van der Waals surface area contributed by atoms with Crippen molar-refractivity contribution in [3.05, 3.63) is 0 Å². The van der Waals surface area contributed by atoms with E-state index in [1.165, 1.54) is 83.5 Å². The third kappa shape index (κ3) is 12.3. The van der Waals surface area contributed by atoms with Crippen molar-refractivity contribution in [2.24, 2.45) is 0 Å². The molecule has 0 aromatic heterocycles. The van der Waals surface area contributed by atoms with Crippen LogP contribution in [-0.4, -0.2) is 24.5 Å². The molecule has 0 spiro atoms. The highest BCUT2D eigenvalue weighted by Gasteiger charge is 2.28. The van der Waals surface area contributed by atoms with E-state index in [9.17, 15) is 9.59 Å². The summed E-state index contributed by atoms with van der Waals surface area (Å²) in [6.07, 6.45) is 21.0. The Bertz CT molecular complexity index is 370. The normalized spacial score (nSPS) is 16.7. The molecular formula is C22H41NO3. The predicted octanol–water partition coefficient (Wildman–Crippen LogP) is 5.68. The van der Waals surface area contributed by atoms with Crippen LogP contribution in [0.3, 0.4) is 0 Å². The molecule has 0 saturated carbocycles. The first-order valence-corrected chi connectivity index (χ1v) is 11.2. The van der Waals surface area contributed by atoms with Crippen molar-refractivity contribution in [2.75, 3.05) is 6.61 Å². The minimum absolute atomic E-state index is 0.0427. The second kappa shape index (κ2) is 16.1. The summed E-state index contributed by atoms with van der Waals surface area (Å²) >= 11 is 0. The first-order chi connectivity index (χ1) is 12.7. The zero-order valence-electron chi connectivity index (χ0n) is 17.0. The van der Waals surface area contributed by atoms with Gasteiger partial charge in [-0.05, 0) is 12.8 Å². The molecule has 1 aliphatic rings. The van der Waals surface area contributed by atoms with Gasteiger partial charge < -0.3 is 10.1 Å². The van der Waals surface area contributed by atoms with Crippen LogP contribution in [0.15, 0.2) is 0 Å². The van der Waals surface area contributed by atoms with E-state index in [0.29, 0.717) is 19.4 Å². The zero-order chi connectivity index (χ0) is 18.9. The fourth-order valence-electron chi connectivity index (χ4n) is 3.54. The molecule has 1 heterocycles. The Morgan fingerprint density at radius 3 is 1.73 bits per heavy atom. The fraction of sp³-hybridized carbons (Fsp3) is 0.909. The lowest BCUT2D eigenvalue weighted by molar-refractivity contribution is -0.146. The number of hydrogen-bond donors (Lipinski definition) is 1. The van der Waals surface area contributed by atoms with E-state index in [2.05, 4.69) is 12.2 Å². The minimum Gasteiger partial charge on any atom is -0.464 e. The summed E-state index contributed by atoms with van der Waals surface area (Å²) < 4.78 is 5.23. The lowest BCUT2D eigenvalue weighted by Gasteiger charge is -2.09. The van der Waals surface area contributed by atoms with Gasteiger partial charge in [-0.3, -0.25) is 4.79 Å². The molecule has 152 valence electrons. The van der Waals surface area contributed by atoms with Gasteiger partial charge in [0.25, 0.3) is 0 Å². The van der Waals surface area contributed by atoms with Crippen LogP contribution in [0.1, 0.15) is 116 Å². The van der Waals surface area contributed by atoms with Crippen molar-refractivity contribution in [2.45, 2.75) is 122 Å². The zero-order valence-corrected chi connectivity index (χ0v) is 17.0. The van der Waals surface area contributed by atoms with Gasteiger partial charge >= 0.3 is 5.97 Å². The molecule has 1 rings (SSSR count). The number of rotatable bonds is 17. The highest BCUT2D eigenvalue weighted by Crippen LogP contribution is 2.13. The van der Waals surface area contributed by atoms with Crippen LogP contribution in [0, 0.1) is 0 Å². The monoisotopic (exact) mass is 367 g/mol. The maximum Gasteiger partial charge on any atom is 0.328 e. The molecule has 1 N–H and O–H groups in total. The van der Waals surface area contributed by atoms with Gasteiger partial charge in [-0.15, -0.1) is 0 Å². The minimum atomic E-state index is -0.404. The third-order valence-electron chi connectivity index (χ3n) is 5.27. The summed E-state index contributed by atoms with van der Waals surface area (Å²) in [4.78, 5) is 22.8. The summed E-state index contributed by atoms with van der Waals surface area (Å²) in [5.41, 5.74) is 0. The SMILES string of the molecule is CCCCCCCCCCCCCCCCCOC(=O)C1CCC(=O)N1. The Morgan fingerprint density at radius 2 is 1.31 bits per heavy atom. The van der Waals surface area contributed by atoms with Gasteiger partial charge in [0.2, 0.25) is 5.91 Å². The summed E-state index contributed by atoms with van der Waals surface area (Å²) in [7, 11) is 0. The van der Waals surface area contributed by atoms with Crippen molar-refractivity contribution in [1.29, 1.82) is 0 Å². The van der Waals surface area contributed by atoms with Crippen molar-refractivity contribution in [1.82, 2.24) is 5.32 Å². The number of unbranched alkanes of at least 4 members (excludes halogenated alkanes) is 14. The molecule has 1 saturated heterocycles. The molecule has 4 nitrogen and oxygen atoms in total. The molecule has 0 bridgehead atoms. The van der Waals surface area contributed by atoms with Crippen molar-refractivity contribution in [3.63, 3.8) is 0 Å². The Morgan fingerprint density at radius 1 is 0.846 bits per heavy atom. The number of carbonyl (C=O) groups excluding carboxylic acids is 2. The van der Waals surface area contributed by atoms with E-state index in [-0.39, 0.29) is 11.9 Å². The average Bonchev–Trinajstić information content (AvgIpc) is 3.07. The van der Waals surface area contributed by atoms with Crippen LogP contribution < -0.4 is 5.32 Å². The molecule has 26 heavy (non-hydrogen) atoms. The standard InChI is InChI=1S/C22H41NO3/c1-2-3-4-5-6-7-8-9-10-11-12-13-14-15-16-19-26-22(25)20-17-18-21(24)23-20/h20H,2-19H2,1H3,(H,23,24). The molecular weight excluding hydrogens is 326 g/mol. The van der Waals surface area contributed by atoms with Crippen LogP contribution >= 0.6 is 0 Å². The fourth-order valence-corrected chi connectivity index (χ4v) is 3.54. The maximum absolute atomic E-state index is 11.7. The lowest BCUT2D eigenvalue weighted by atomic mass is 10.0. The maximum atomic E-state index is 11.7. The van der Waals surface area contributed by atoms with Gasteiger partial charge in [0.1, 0.15) is 6.04 Å². The van der Waals surface area contributed by atoms with E-state index in [4.69, 9.17) is 4.74 Å². The van der Waals surface area contributed by atoms with Crippen LogP contribution in [0.2, 0.25) is 0 Å². The van der Waals surface area contributed by atoms with E-state index >= 15 is 0 Å². The molecule has 0 aliphatic carbocycles. The van der Waals surface area contributed by atoms with Crippen molar-refractivity contribution in [3.8, 4) is 0 Å². The topological polar surface area (TPSA) is 55.4 Å². The third-order valence-corrected chi connectivity index (χ3v) is 5.27. The molecule has 0 aromatic carbocycles. The first-order valence-electron chi connectivity index (χ1n) is 11.2. The van der Waals surface area contributed by atoms with E-state index in [1.54, 1.807) is 0 Å². The van der Waals surface area contributed by atoms with Crippen molar-refractivity contribution >= 4 is 11.9 Å². The molecule has 1 unspecified atom stereocenters. The summed E-state index contributed by atoms with van der Waals surface area (Å²) in [6.45, 7) is 2.76. The molecule has 0 radical (unpaired) electrons. The number of carbonyl (C=O) groups is 2. The number of amides is 1. The largest absolute Gasteiger partial charge is 0.464 e. The Kier molecular flexibility index (Phi) is 14.3. The lowest BCUT2D eigenvalue weighted by Crippen LogP contribution is -2.34. The number of ether oxygens (including phenoxy) is 1. The summed E-state index contributed by atoms with van der Waals surface area (Å²) in [5.74, 6) is -0.305. The number of nitrogens with one attached hydrogen (secondary N) is 1. The van der Waals surface area contributed by atoms with E-state index < -0.39 is 6.04 Å². The Balaban J connectivity index is 1.73. The highest BCUT2D eigenvalue weighted by atomic mass is 16.5. The molecule has 1 atom stereocenters. The van der Waals surface area contributed by atoms with Crippen LogP contribution in [0.5, 0.6) is 0 Å². The molecule has 1 aliphatic heterocycles. The van der Waals surface area contributed by atoms with E-state index in [1.807, 2.05) is 0 Å². The second-order valence-corrected chi connectivity index (χ2v) is 7.78. The summed E-state index contributed by atoms with van der Waals surface area (Å²) in [5, 5.41) is 2.64. The molecule has 4 heteroatoms. The van der Waals surface area contributed by atoms with Gasteiger partial charge in [-0.2, -0.15) is 0 Å². The predicted molar refractivity (Wildman–Crippen MR) is 107 cm³/mol. The summed E-state index contributed by atoms with van der Waals surface area (Å²) in [6, 6.07) is -0.404. The average molecular weight is 368 g/mol. The molecule has 1 amide bonds. The van der Waals surface area contributed by atoms with Gasteiger partial charge in [-0.1, -0.05) is 96.8 Å². The number of hydrogen-bond acceptors (Lipinski definition) is 3. The van der Waals surface area contributed by atoms with Crippen molar-refractivity contribution < 1.29 is 14.3 Å². The molecule has 0 aromatic rings. The molecule has 1 fully saturated rings. The first kappa shape index (κ1) is 23.0. The van der Waals surface area contributed by atoms with E-state index in [0.717, 1.165) is 12.8 Å². The Hall–Kier alpha value is -1.06. The number of esters is 1. The quantitative estimate of drug-likeness (QED) is 0.266. The van der Waals surface area contributed by atoms with Gasteiger partial charge in [0, 0.05) is 6.42 Å². The van der Waals surface area contributed by atoms with Gasteiger partial charge in [0.15, 0.2) is 0 Å². The van der Waals surface area contributed by atoms with Crippen LogP contribution in [0.25, 0.3) is 0 Å². The highest BCUT2D eigenvalue weighted by molar-refractivity contribution is 5.87. The van der Waals surface area contributed by atoms with Gasteiger partial charge in [0.05, 0.1) is 6.61 Å². The Labute approximate surface area is 160 Å². The second-order valence-electron chi connectivity index (χ2n) is 7.78.